The molecule has 1 aliphatic rings. The van der Waals surface area contributed by atoms with E-state index in [-0.39, 0.29) is 24.4 Å². The summed E-state index contributed by atoms with van der Waals surface area (Å²) in [4.78, 5) is 21.7. The number of rotatable bonds is 6. The molecule has 9 heteroatoms. The Morgan fingerprint density at radius 1 is 1.41 bits per heavy atom. The maximum absolute atomic E-state index is 11.0. The summed E-state index contributed by atoms with van der Waals surface area (Å²) in [7, 11) is 0. The quantitative estimate of drug-likeness (QED) is 0.623. The van der Waals surface area contributed by atoms with Gasteiger partial charge in [0.05, 0.1) is 18.2 Å². The highest BCUT2D eigenvalue weighted by molar-refractivity contribution is 5.69. The molecule has 4 rings (SSSR count). The molecular weight excluding hydrogens is 410 g/mol. The van der Waals surface area contributed by atoms with E-state index in [2.05, 4.69) is 21.2 Å². The largest absolute Gasteiger partial charge is 0.480 e. The van der Waals surface area contributed by atoms with Gasteiger partial charge in [0.25, 0.3) is 5.89 Å². The minimum atomic E-state index is -0.820. The van der Waals surface area contributed by atoms with E-state index in [1.54, 1.807) is 12.3 Å². The van der Waals surface area contributed by atoms with E-state index in [4.69, 9.17) is 14.4 Å². The molecule has 0 radical (unpaired) electrons. The second-order valence-electron chi connectivity index (χ2n) is 8.01. The van der Waals surface area contributed by atoms with Crippen molar-refractivity contribution >= 4 is 5.97 Å². The van der Waals surface area contributed by atoms with Crippen LogP contribution in [-0.4, -0.2) is 50.3 Å². The summed E-state index contributed by atoms with van der Waals surface area (Å²) < 4.78 is 11.0. The van der Waals surface area contributed by atoms with Crippen molar-refractivity contribution < 1.29 is 19.2 Å². The van der Waals surface area contributed by atoms with Crippen molar-refractivity contribution in [2.75, 3.05) is 13.1 Å². The van der Waals surface area contributed by atoms with Crippen LogP contribution < -0.4 is 4.74 Å². The topological polar surface area (TPSA) is 125 Å². The molecule has 0 aliphatic carbocycles. The first-order chi connectivity index (χ1) is 15.4. The molecule has 1 aromatic carbocycles. The van der Waals surface area contributed by atoms with Crippen molar-refractivity contribution in [2.45, 2.75) is 39.8 Å². The fourth-order valence-electron chi connectivity index (χ4n) is 3.88. The molecule has 0 saturated heterocycles. The Hall–Kier alpha value is -3.77. The van der Waals surface area contributed by atoms with Gasteiger partial charge in [-0.05, 0) is 49.9 Å². The van der Waals surface area contributed by atoms with Crippen molar-refractivity contribution in [3.05, 3.63) is 46.6 Å². The number of nitrogens with zero attached hydrogens (tertiary/aromatic N) is 5. The number of aliphatic carboxylic acids is 1. The van der Waals surface area contributed by atoms with Crippen LogP contribution in [-0.2, 0) is 17.8 Å². The smallest absolute Gasteiger partial charge is 0.317 e. The lowest BCUT2D eigenvalue weighted by Crippen LogP contribution is -2.35. The zero-order chi connectivity index (χ0) is 22.8. The maximum atomic E-state index is 11.0. The zero-order valence-corrected chi connectivity index (χ0v) is 18.1. The second-order valence-corrected chi connectivity index (χ2v) is 8.01. The SMILES string of the molecule is Cc1c(-c2noc(-c3cnc(OC(C)C)c(C#N)c3)n2)ccc2c1CCN(CC(=O)O)C2. The minimum Gasteiger partial charge on any atom is -0.480 e. The number of benzene rings is 1. The normalized spacial score (nSPS) is 13.6. The predicted octanol–water partition coefficient (Wildman–Crippen LogP) is 3.21. The third kappa shape index (κ3) is 4.31. The number of hydrogen-bond donors (Lipinski definition) is 1. The molecule has 2 aromatic heterocycles. The first-order valence-electron chi connectivity index (χ1n) is 10.3. The van der Waals surface area contributed by atoms with E-state index < -0.39 is 5.97 Å². The van der Waals surface area contributed by atoms with Gasteiger partial charge >= 0.3 is 5.97 Å². The van der Waals surface area contributed by atoms with E-state index in [1.165, 1.54) is 5.56 Å². The van der Waals surface area contributed by atoms with Crippen LogP contribution in [0.5, 0.6) is 5.88 Å². The van der Waals surface area contributed by atoms with Crippen LogP contribution in [0.4, 0.5) is 0 Å². The fraction of sp³-hybridized carbons (Fsp3) is 0.348. The molecule has 0 amide bonds. The van der Waals surface area contributed by atoms with E-state index >= 15 is 0 Å². The van der Waals surface area contributed by atoms with Crippen molar-refractivity contribution in [1.29, 1.82) is 5.26 Å². The molecule has 0 fully saturated rings. The summed E-state index contributed by atoms with van der Waals surface area (Å²) in [5.74, 6) is 0.173. The van der Waals surface area contributed by atoms with Crippen molar-refractivity contribution in [2.24, 2.45) is 0 Å². The lowest BCUT2D eigenvalue weighted by atomic mass is 9.91. The first kappa shape index (κ1) is 21.5. The van der Waals surface area contributed by atoms with E-state index in [0.717, 1.165) is 23.1 Å². The Morgan fingerprint density at radius 2 is 2.22 bits per heavy atom. The van der Waals surface area contributed by atoms with Crippen molar-refractivity contribution in [3.63, 3.8) is 0 Å². The van der Waals surface area contributed by atoms with Crippen LogP contribution in [0.15, 0.2) is 28.9 Å². The molecule has 3 heterocycles. The van der Waals surface area contributed by atoms with Crippen LogP contribution in [0.3, 0.4) is 0 Å². The first-order valence-corrected chi connectivity index (χ1v) is 10.3. The summed E-state index contributed by atoms with van der Waals surface area (Å²) in [6.07, 6.45) is 2.21. The summed E-state index contributed by atoms with van der Waals surface area (Å²) in [6, 6.07) is 7.65. The predicted molar refractivity (Wildman–Crippen MR) is 115 cm³/mol. The average molecular weight is 433 g/mol. The Bertz CT molecular complexity index is 1210. The van der Waals surface area contributed by atoms with E-state index in [1.807, 2.05) is 37.8 Å². The number of carboxylic acids is 1. The third-order valence-electron chi connectivity index (χ3n) is 5.36. The Labute approximate surface area is 185 Å². The van der Waals surface area contributed by atoms with Gasteiger partial charge in [0.1, 0.15) is 11.6 Å². The van der Waals surface area contributed by atoms with Gasteiger partial charge in [0.15, 0.2) is 0 Å². The van der Waals surface area contributed by atoms with Gasteiger partial charge in [-0.2, -0.15) is 10.2 Å². The molecule has 0 bridgehead atoms. The molecule has 1 N–H and O–H groups in total. The summed E-state index contributed by atoms with van der Waals surface area (Å²) >= 11 is 0. The van der Waals surface area contributed by atoms with E-state index in [9.17, 15) is 10.1 Å². The molecule has 1 aliphatic heterocycles. The number of ether oxygens (including phenoxy) is 1. The summed E-state index contributed by atoms with van der Waals surface area (Å²) in [5.41, 5.74) is 5.06. The molecule has 3 aromatic rings. The Kier molecular flexibility index (Phi) is 5.88. The second kappa shape index (κ2) is 8.77. The van der Waals surface area contributed by atoms with Gasteiger partial charge in [-0.25, -0.2) is 4.98 Å². The zero-order valence-electron chi connectivity index (χ0n) is 18.1. The van der Waals surface area contributed by atoms with Crippen LogP contribution in [0.1, 0.15) is 36.1 Å². The summed E-state index contributed by atoms with van der Waals surface area (Å²) in [5, 5.41) is 22.6. The Balaban J connectivity index is 1.61. The van der Waals surface area contributed by atoms with Gasteiger partial charge in [-0.15, -0.1) is 0 Å². The highest BCUT2D eigenvalue weighted by atomic mass is 16.5. The molecular formula is C23H23N5O4. The van der Waals surface area contributed by atoms with Crippen LogP contribution in [0.25, 0.3) is 22.8 Å². The number of nitriles is 1. The average Bonchev–Trinajstić information content (AvgIpc) is 3.23. The molecule has 164 valence electrons. The molecule has 0 saturated carbocycles. The Morgan fingerprint density at radius 3 is 2.94 bits per heavy atom. The number of aromatic nitrogens is 3. The number of fused-ring (bicyclic) bond motifs is 1. The van der Waals surface area contributed by atoms with Gasteiger partial charge in [0.2, 0.25) is 11.7 Å². The van der Waals surface area contributed by atoms with Crippen LogP contribution in [0.2, 0.25) is 0 Å². The summed E-state index contributed by atoms with van der Waals surface area (Å²) in [6.45, 7) is 7.08. The van der Waals surface area contributed by atoms with Gasteiger partial charge in [-0.3, -0.25) is 9.69 Å². The molecule has 0 unspecified atom stereocenters. The van der Waals surface area contributed by atoms with Gasteiger partial charge in [-0.1, -0.05) is 17.3 Å². The molecule has 9 nitrogen and oxygen atoms in total. The molecule has 0 atom stereocenters. The maximum Gasteiger partial charge on any atom is 0.317 e. The van der Waals surface area contributed by atoms with Crippen LogP contribution in [0, 0.1) is 18.3 Å². The lowest BCUT2D eigenvalue weighted by Gasteiger charge is -2.28. The number of carboxylic acid groups (broad SMARTS) is 1. The number of hydrogen-bond acceptors (Lipinski definition) is 8. The number of pyridine rings is 1. The highest BCUT2D eigenvalue weighted by Crippen LogP contribution is 2.31. The highest BCUT2D eigenvalue weighted by Gasteiger charge is 2.23. The standard InChI is InChI=1S/C23H23N5O4/c1-13(2)31-22-16(9-24)8-17(10-25-22)23-26-21(27-32-23)19-5-4-15-11-28(12-20(29)30)7-6-18(15)14(19)3/h4-5,8,10,13H,6-7,11-12H2,1-3H3,(H,29,30). The fourth-order valence-corrected chi connectivity index (χ4v) is 3.88. The van der Waals surface area contributed by atoms with Gasteiger partial charge < -0.3 is 14.4 Å². The van der Waals surface area contributed by atoms with Crippen molar-refractivity contribution in [1.82, 2.24) is 20.0 Å². The van der Waals surface area contributed by atoms with Crippen molar-refractivity contribution in [3.8, 4) is 34.8 Å². The minimum absolute atomic E-state index is 0.0359. The third-order valence-corrected chi connectivity index (χ3v) is 5.36. The molecule has 0 spiro atoms. The number of carbonyl (C=O) groups is 1. The van der Waals surface area contributed by atoms with Gasteiger partial charge in [0, 0.05) is 24.8 Å². The molecule has 32 heavy (non-hydrogen) atoms. The lowest BCUT2D eigenvalue weighted by molar-refractivity contribution is -0.138. The van der Waals surface area contributed by atoms with E-state index in [0.29, 0.717) is 30.0 Å². The van der Waals surface area contributed by atoms with Crippen LogP contribution >= 0.6 is 0 Å². The monoisotopic (exact) mass is 433 g/mol.